The van der Waals surface area contributed by atoms with E-state index >= 15 is 0 Å². The number of methoxy groups -OCH3 is 1. The maximum Gasteiger partial charge on any atom is 0.415 e. The number of unbranched alkanes of at least 4 members (excludes halogenated alkanes) is 8. The summed E-state index contributed by atoms with van der Waals surface area (Å²) in [6, 6.07) is 8.07. The van der Waals surface area contributed by atoms with E-state index in [1.165, 1.54) is 58.5 Å². The number of ether oxygens (including phenoxy) is 1. The van der Waals surface area contributed by atoms with E-state index in [-0.39, 0.29) is 12.3 Å². The lowest BCUT2D eigenvalue weighted by Gasteiger charge is -2.28. The molecule has 1 atom stereocenters. The van der Waals surface area contributed by atoms with Crippen molar-refractivity contribution in [1.82, 2.24) is 0 Å². The average Bonchev–Trinajstić information content (AvgIpc) is 2.92. The summed E-state index contributed by atoms with van der Waals surface area (Å²) in [5.41, 5.74) is 2.06. The molecule has 4 heteroatoms. The first kappa shape index (κ1) is 19.6. The second-order valence-corrected chi connectivity index (χ2v) is 7.04. The van der Waals surface area contributed by atoms with Gasteiger partial charge in [0.1, 0.15) is 6.17 Å². The maximum atomic E-state index is 12.3. The summed E-state index contributed by atoms with van der Waals surface area (Å²) < 4.78 is 5.02. The van der Waals surface area contributed by atoms with Crippen molar-refractivity contribution in [1.29, 1.82) is 0 Å². The number of carbonyl (C=O) groups is 1. The van der Waals surface area contributed by atoms with Gasteiger partial charge in [-0.3, -0.25) is 4.90 Å². The molecule has 0 N–H and O–H groups in total. The molecule has 1 unspecified atom stereocenters. The van der Waals surface area contributed by atoms with E-state index in [1.807, 2.05) is 18.2 Å². The van der Waals surface area contributed by atoms with Gasteiger partial charge in [0.05, 0.1) is 18.5 Å². The third-order valence-electron chi connectivity index (χ3n) is 5.20. The molecule has 25 heavy (non-hydrogen) atoms. The topological polar surface area (TPSA) is 32.8 Å². The van der Waals surface area contributed by atoms with Crippen LogP contribution >= 0.6 is 0 Å². The third kappa shape index (κ3) is 5.13. The predicted octanol–water partition coefficient (Wildman–Crippen LogP) is 5.96. The van der Waals surface area contributed by atoms with Gasteiger partial charge in [-0.2, -0.15) is 0 Å². The number of amides is 1. The number of hydrogen-bond acceptors (Lipinski definition) is 3. The smallest absolute Gasteiger partial charge is 0.415 e. The summed E-state index contributed by atoms with van der Waals surface area (Å²) in [4.78, 5) is 16.3. The SMILES string of the molecule is CCCCCCCCCCCC1N(C)c2ccccc2N1C(=O)OC. The predicted molar refractivity (Wildman–Crippen MR) is 105 cm³/mol. The first-order valence-corrected chi connectivity index (χ1v) is 9.89. The lowest BCUT2D eigenvalue weighted by Crippen LogP contribution is -2.44. The number of para-hydroxylation sites is 2. The van der Waals surface area contributed by atoms with Crippen LogP contribution in [0.1, 0.15) is 71.1 Å². The third-order valence-corrected chi connectivity index (χ3v) is 5.20. The lowest BCUT2D eigenvalue weighted by atomic mass is 10.1. The molecule has 0 aliphatic carbocycles. The van der Waals surface area contributed by atoms with Gasteiger partial charge in [0.2, 0.25) is 0 Å². The highest BCUT2D eigenvalue weighted by atomic mass is 16.5. The van der Waals surface area contributed by atoms with Crippen molar-refractivity contribution in [2.75, 3.05) is 24.0 Å². The van der Waals surface area contributed by atoms with Crippen LogP contribution in [0.25, 0.3) is 0 Å². The molecular formula is C21H34N2O2. The molecular weight excluding hydrogens is 312 g/mol. The van der Waals surface area contributed by atoms with Crippen LogP contribution in [0.5, 0.6) is 0 Å². The van der Waals surface area contributed by atoms with Crippen molar-refractivity contribution in [3.63, 3.8) is 0 Å². The van der Waals surface area contributed by atoms with E-state index in [0.717, 1.165) is 24.2 Å². The number of benzene rings is 1. The van der Waals surface area contributed by atoms with Gasteiger partial charge < -0.3 is 9.64 Å². The second-order valence-electron chi connectivity index (χ2n) is 7.04. The molecule has 2 rings (SSSR count). The Bertz CT molecular complexity index is 532. The molecule has 1 aromatic carbocycles. The molecule has 0 saturated carbocycles. The van der Waals surface area contributed by atoms with Gasteiger partial charge in [0, 0.05) is 7.05 Å². The Kier molecular flexibility index (Phi) is 8.10. The Balaban J connectivity index is 1.78. The monoisotopic (exact) mass is 346 g/mol. The van der Waals surface area contributed by atoms with Crippen molar-refractivity contribution in [2.45, 2.75) is 77.3 Å². The highest BCUT2D eigenvalue weighted by Gasteiger charge is 2.37. The summed E-state index contributed by atoms with van der Waals surface area (Å²) >= 11 is 0. The zero-order valence-electron chi connectivity index (χ0n) is 16.2. The minimum Gasteiger partial charge on any atom is -0.452 e. The summed E-state index contributed by atoms with van der Waals surface area (Å²) in [6.07, 6.45) is 12.6. The molecule has 140 valence electrons. The van der Waals surface area contributed by atoms with Gasteiger partial charge in [-0.1, -0.05) is 70.4 Å². The van der Waals surface area contributed by atoms with Crippen molar-refractivity contribution in [2.24, 2.45) is 0 Å². The molecule has 0 bridgehead atoms. The molecule has 1 amide bonds. The van der Waals surface area contributed by atoms with Crippen LogP contribution in [-0.4, -0.2) is 26.4 Å². The van der Waals surface area contributed by atoms with Gasteiger partial charge in [0.15, 0.2) is 0 Å². The molecule has 0 radical (unpaired) electrons. The van der Waals surface area contributed by atoms with Crippen LogP contribution in [0.4, 0.5) is 16.2 Å². The standard InChI is InChI=1S/C21H34N2O2/c1-4-5-6-7-8-9-10-11-12-17-20-22(2)18-15-13-14-16-19(18)23(20)21(24)25-3/h13-16,20H,4-12,17H2,1-3H3. The first-order chi connectivity index (χ1) is 12.2. The van der Waals surface area contributed by atoms with Crippen molar-refractivity contribution in [3.8, 4) is 0 Å². The van der Waals surface area contributed by atoms with Crippen LogP contribution in [0.15, 0.2) is 24.3 Å². The molecule has 4 nitrogen and oxygen atoms in total. The number of rotatable bonds is 10. The average molecular weight is 347 g/mol. The normalized spacial score (nSPS) is 16.2. The molecule has 0 aromatic heterocycles. The molecule has 1 aromatic rings. The molecule has 1 aliphatic rings. The van der Waals surface area contributed by atoms with E-state index in [0.29, 0.717) is 0 Å². The number of fused-ring (bicyclic) bond motifs is 1. The molecule has 0 spiro atoms. The quantitative estimate of drug-likeness (QED) is 0.490. The Hall–Kier alpha value is -1.71. The van der Waals surface area contributed by atoms with Crippen LogP contribution in [0, 0.1) is 0 Å². The molecule has 1 heterocycles. The van der Waals surface area contributed by atoms with E-state index in [1.54, 1.807) is 4.90 Å². The van der Waals surface area contributed by atoms with Crippen LogP contribution < -0.4 is 9.80 Å². The van der Waals surface area contributed by atoms with E-state index in [4.69, 9.17) is 4.74 Å². The Morgan fingerprint density at radius 1 is 0.960 bits per heavy atom. The van der Waals surface area contributed by atoms with Crippen LogP contribution in [0.2, 0.25) is 0 Å². The number of carbonyl (C=O) groups excluding carboxylic acids is 1. The van der Waals surface area contributed by atoms with Gasteiger partial charge >= 0.3 is 6.09 Å². The van der Waals surface area contributed by atoms with Crippen molar-refractivity contribution < 1.29 is 9.53 Å². The second kappa shape index (κ2) is 10.3. The number of hydrogen-bond donors (Lipinski definition) is 0. The van der Waals surface area contributed by atoms with Crippen LogP contribution in [0.3, 0.4) is 0 Å². The highest BCUT2D eigenvalue weighted by molar-refractivity contribution is 5.96. The lowest BCUT2D eigenvalue weighted by molar-refractivity contribution is 0.176. The largest absolute Gasteiger partial charge is 0.452 e. The summed E-state index contributed by atoms with van der Waals surface area (Å²) in [7, 11) is 3.53. The zero-order chi connectivity index (χ0) is 18.1. The zero-order valence-corrected chi connectivity index (χ0v) is 16.2. The molecule has 0 saturated heterocycles. The van der Waals surface area contributed by atoms with Crippen molar-refractivity contribution >= 4 is 17.5 Å². The fraction of sp³-hybridized carbons (Fsp3) is 0.667. The number of nitrogens with zero attached hydrogens (tertiary/aromatic N) is 2. The highest BCUT2D eigenvalue weighted by Crippen LogP contribution is 2.40. The van der Waals surface area contributed by atoms with E-state index < -0.39 is 0 Å². The van der Waals surface area contributed by atoms with Crippen LogP contribution in [-0.2, 0) is 4.74 Å². The van der Waals surface area contributed by atoms with Gasteiger partial charge in [-0.15, -0.1) is 0 Å². The summed E-state index contributed by atoms with van der Waals surface area (Å²) in [5.74, 6) is 0. The summed E-state index contributed by atoms with van der Waals surface area (Å²) in [6.45, 7) is 2.26. The first-order valence-electron chi connectivity index (χ1n) is 9.89. The van der Waals surface area contributed by atoms with Gasteiger partial charge in [-0.05, 0) is 25.0 Å². The summed E-state index contributed by atoms with van der Waals surface area (Å²) in [5, 5.41) is 0. The maximum absolute atomic E-state index is 12.3. The molecule has 0 fully saturated rings. The Morgan fingerprint density at radius 3 is 2.12 bits per heavy atom. The van der Waals surface area contributed by atoms with E-state index in [9.17, 15) is 4.79 Å². The van der Waals surface area contributed by atoms with Gasteiger partial charge in [0.25, 0.3) is 0 Å². The van der Waals surface area contributed by atoms with Crippen molar-refractivity contribution in [3.05, 3.63) is 24.3 Å². The molecule has 1 aliphatic heterocycles. The fourth-order valence-corrected chi connectivity index (χ4v) is 3.74. The number of anilines is 2. The Labute approximate surface area is 153 Å². The minimum absolute atomic E-state index is 0.0643. The van der Waals surface area contributed by atoms with Gasteiger partial charge in [-0.25, -0.2) is 4.79 Å². The fourth-order valence-electron chi connectivity index (χ4n) is 3.74. The minimum atomic E-state index is -0.266. The van der Waals surface area contributed by atoms with E-state index in [2.05, 4.69) is 24.9 Å². The Morgan fingerprint density at radius 2 is 1.52 bits per heavy atom.